The SMILES string of the molecule is CC1=C([C@@H](C)S)C(=O)N[C@@H]1Cc1[nH]c(/C=c2\[nH]/c(=C/C3=C(CCS)C(C)C(=O)N3)c(C)c2CCC(=O)O)c(CCC(=O)O)c1C. The van der Waals surface area contributed by atoms with Gasteiger partial charge < -0.3 is 30.8 Å². The van der Waals surface area contributed by atoms with Crippen LogP contribution in [0.15, 0.2) is 22.4 Å². The van der Waals surface area contributed by atoms with Crippen molar-refractivity contribution in [3.63, 3.8) is 0 Å². The standard InChI is InChI=1S/C33H42N4O6S2/c1-15-20(6-8-29(38)39)26(34-23(15)12-25-18(4)31(19(5)45)33(43)36-25)14-27-21(7-9-30(40)41)16(2)24(35-27)13-28-22(10-11-44)17(3)32(42)37-28/h13-14,17,19,25,34-35,44-45H,6-12H2,1-5H3,(H,36,43)(H,37,42)(H,38,39)(H,40,41)/b24-13+,27-14-/t17?,19-,25-/m1/s1. The highest BCUT2D eigenvalue weighted by atomic mass is 32.1. The minimum atomic E-state index is -0.917. The van der Waals surface area contributed by atoms with E-state index in [0.717, 1.165) is 55.8 Å². The van der Waals surface area contributed by atoms with Crippen molar-refractivity contribution in [3.05, 3.63) is 66.8 Å². The largest absolute Gasteiger partial charge is 0.481 e. The molecule has 0 radical (unpaired) electrons. The predicted molar refractivity (Wildman–Crippen MR) is 180 cm³/mol. The van der Waals surface area contributed by atoms with Crippen molar-refractivity contribution in [2.45, 2.75) is 84.4 Å². The van der Waals surface area contributed by atoms with Gasteiger partial charge in [0.2, 0.25) is 11.8 Å². The molecule has 2 aliphatic heterocycles. The first-order chi connectivity index (χ1) is 21.2. The average molecular weight is 655 g/mol. The number of thiol groups is 2. The molecule has 0 aromatic carbocycles. The molecule has 2 aliphatic rings. The van der Waals surface area contributed by atoms with Gasteiger partial charge >= 0.3 is 11.9 Å². The zero-order chi connectivity index (χ0) is 33.2. The van der Waals surface area contributed by atoms with Crippen molar-refractivity contribution >= 4 is 61.2 Å². The number of carbonyl (C=O) groups excluding carboxylic acids is 2. The molecule has 10 nitrogen and oxygen atoms in total. The summed E-state index contributed by atoms with van der Waals surface area (Å²) in [5, 5.41) is 26.2. The molecule has 2 amide bonds. The van der Waals surface area contributed by atoms with Crippen LogP contribution in [0.1, 0.15) is 73.7 Å². The van der Waals surface area contributed by atoms with Crippen LogP contribution >= 0.6 is 25.3 Å². The van der Waals surface area contributed by atoms with E-state index in [2.05, 4.69) is 45.9 Å². The van der Waals surface area contributed by atoms with Gasteiger partial charge in [-0.25, -0.2) is 0 Å². The lowest BCUT2D eigenvalue weighted by atomic mass is 9.98. The summed E-state index contributed by atoms with van der Waals surface area (Å²) in [4.78, 5) is 55.2. The summed E-state index contributed by atoms with van der Waals surface area (Å²) in [5.41, 5.74) is 8.36. The summed E-state index contributed by atoms with van der Waals surface area (Å²) in [5.74, 6) is -1.69. The van der Waals surface area contributed by atoms with Gasteiger partial charge in [-0.2, -0.15) is 25.3 Å². The lowest BCUT2D eigenvalue weighted by molar-refractivity contribution is -0.138. The van der Waals surface area contributed by atoms with Crippen molar-refractivity contribution in [1.82, 2.24) is 20.6 Å². The Bertz CT molecular complexity index is 1730. The third-order valence-corrected chi connectivity index (χ3v) is 9.43. The molecular weight excluding hydrogens is 613 g/mol. The summed E-state index contributed by atoms with van der Waals surface area (Å²) in [6.45, 7) is 9.53. The lowest BCUT2D eigenvalue weighted by Gasteiger charge is -2.12. The summed E-state index contributed by atoms with van der Waals surface area (Å²) < 4.78 is 0. The smallest absolute Gasteiger partial charge is 0.303 e. The van der Waals surface area contributed by atoms with Gasteiger partial charge in [-0.3, -0.25) is 19.2 Å². The number of allylic oxidation sites excluding steroid dienone is 1. The highest BCUT2D eigenvalue weighted by Gasteiger charge is 2.32. The van der Waals surface area contributed by atoms with E-state index in [-0.39, 0.29) is 48.3 Å². The van der Waals surface area contributed by atoms with E-state index in [9.17, 15) is 29.4 Å². The molecule has 4 rings (SSSR count). The Balaban J connectivity index is 1.86. The van der Waals surface area contributed by atoms with Crippen molar-refractivity contribution in [1.29, 1.82) is 0 Å². The molecule has 3 atom stereocenters. The van der Waals surface area contributed by atoms with Crippen LogP contribution in [0.4, 0.5) is 0 Å². The topological polar surface area (TPSA) is 164 Å². The normalized spacial score (nSPS) is 20.0. The van der Waals surface area contributed by atoms with Crippen molar-refractivity contribution in [2.24, 2.45) is 5.92 Å². The number of hydrogen-bond acceptors (Lipinski definition) is 6. The molecule has 0 bridgehead atoms. The van der Waals surface area contributed by atoms with Crippen LogP contribution < -0.4 is 21.3 Å². The van der Waals surface area contributed by atoms with Crippen LogP contribution in [0.5, 0.6) is 0 Å². The van der Waals surface area contributed by atoms with Gasteiger partial charge in [0.25, 0.3) is 0 Å². The van der Waals surface area contributed by atoms with E-state index in [0.29, 0.717) is 35.9 Å². The van der Waals surface area contributed by atoms with Crippen molar-refractivity contribution in [3.8, 4) is 0 Å². The van der Waals surface area contributed by atoms with Crippen molar-refractivity contribution < 1.29 is 29.4 Å². The summed E-state index contributed by atoms with van der Waals surface area (Å²) in [6, 6.07) is -0.219. The van der Waals surface area contributed by atoms with Gasteiger partial charge in [0.05, 0.1) is 12.0 Å². The van der Waals surface area contributed by atoms with E-state index < -0.39 is 11.9 Å². The molecule has 0 fully saturated rings. The van der Waals surface area contributed by atoms with E-state index >= 15 is 0 Å². The fourth-order valence-corrected chi connectivity index (χ4v) is 6.90. The molecule has 2 aromatic rings. The first-order valence-corrected chi connectivity index (χ1v) is 16.3. The van der Waals surface area contributed by atoms with Gasteiger partial charge in [-0.1, -0.05) is 0 Å². The number of hydrogen-bond donors (Lipinski definition) is 8. The van der Waals surface area contributed by atoms with Gasteiger partial charge in [0.15, 0.2) is 0 Å². The molecular formula is C33H42N4O6S2. The molecule has 0 spiro atoms. The molecule has 4 heterocycles. The summed E-state index contributed by atoms with van der Waals surface area (Å²) in [7, 11) is 0. The predicted octanol–water partition coefficient (Wildman–Crippen LogP) is 2.62. The molecule has 0 saturated carbocycles. The van der Waals surface area contributed by atoms with E-state index in [1.807, 2.05) is 46.8 Å². The number of amides is 2. The number of aliphatic carboxylic acids is 2. The zero-order valence-electron chi connectivity index (χ0n) is 26.3. The number of carboxylic acid groups (broad SMARTS) is 2. The fourth-order valence-electron chi connectivity index (χ4n) is 6.34. The zero-order valence-corrected chi connectivity index (χ0v) is 28.0. The minimum Gasteiger partial charge on any atom is -0.481 e. The third-order valence-electron chi connectivity index (χ3n) is 8.95. The first kappa shape index (κ1) is 34.2. The van der Waals surface area contributed by atoms with Crippen LogP contribution in [0.3, 0.4) is 0 Å². The molecule has 0 saturated heterocycles. The van der Waals surface area contributed by atoms with Gasteiger partial charge in [-0.15, -0.1) is 0 Å². The molecule has 6 N–H and O–H groups in total. The maximum atomic E-state index is 12.6. The van der Waals surface area contributed by atoms with Gasteiger partial charge in [0.1, 0.15) is 0 Å². The Morgan fingerprint density at radius 1 is 0.933 bits per heavy atom. The Morgan fingerprint density at radius 2 is 1.58 bits per heavy atom. The monoisotopic (exact) mass is 654 g/mol. The van der Waals surface area contributed by atoms with Gasteiger partial charge in [-0.05, 0) is 105 Å². The maximum absolute atomic E-state index is 12.6. The second kappa shape index (κ2) is 14.2. The third kappa shape index (κ3) is 7.44. The lowest BCUT2D eigenvalue weighted by Crippen LogP contribution is -2.31. The van der Waals surface area contributed by atoms with Crippen LogP contribution in [0, 0.1) is 19.8 Å². The molecule has 2 aromatic heterocycles. The van der Waals surface area contributed by atoms with E-state index in [4.69, 9.17) is 0 Å². The summed E-state index contributed by atoms with van der Waals surface area (Å²) in [6.07, 6.45) is 5.40. The number of H-pyrrole nitrogens is 2. The Hall–Kier alpha value is -3.64. The van der Waals surface area contributed by atoms with Gasteiger partial charge in [0, 0.05) is 57.9 Å². The number of carboxylic acids is 2. The highest BCUT2D eigenvalue weighted by Crippen LogP contribution is 2.29. The van der Waals surface area contributed by atoms with Crippen molar-refractivity contribution in [2.75, 3.05) is 5.75 Å². The number of rotatable bonds is 13. The Kier molecular flexibility index (Phi) is 10.8. The van der Waals surface area contributed by atoms with Crippen LogP contribution in [-0.4, -0.2) is 61.0 Å². The molecule has 242 valence electrons. The Labute approximate surface area is 273 Å². The quantitative estimate of drug-likeness (QED) is 0.155. The van der Waals surface area contributed by atoms with E-state index in [1.165, 1.54) is 0 Å². The highest BCUT2D eigenvalue weighted by molar-refractivity contribution is 7.81. The molecule has 1 unspecified atom stereocenters. The number of nitrogens with one attached hydrogen (secondary N) is 4. The van der Waals surface area contributed by atoms with Crippen LogP contribution in [0.25, 0.3) is 12.2 Å². The van der Waals surface area contributed by atoms with E-state index in [1.54, 1.807) is 0 Å². The first-order valence-electron chi connectivity index (χ1n) is 15.1. The minimum absolute atomic E-state index is 0.0615. The average Bonchev–Trinajstić information content (AvgIpc) is 3.60. The van der Waals surface area contributed by atoms with Crippen LogP contribution in [0.2, 0.25) is 0 Å². The van der Waals surface area contributed by atoms with Crippen LogP contribution in [-0.2, 0) is 38.4 Å². The number of aromatic amines is 2. The maximum Gasteiger partial charge on any atom is 0.303 e. The molecule has 12 heteroatoms. The Morgan fingerprint density at radius 3 is 2.16 bits per heavy atom. The number of carbonyl (C=O) groups is 4. The molecule has 45 heavy (non-hydrogen) atoms. The number of aromatic nitrogens is 2. The summed E-state index contributed by atoms with van der Waals surface area (Å²) >= 11 is 8.84. The molecule has 0 aliphatic carbocycles. The second-order valence-electron chi connectivity index (χ2n) is 11.9. The fraction of sp³-hybridized carbons (Fsp3) is 0.455. The second-order valence-corrected chi connectivity index (χ2v) is 13.1.